The van der Waals surface area contributed by atoms with E-state index in [9.17, 15) is 14.7 Å². The molecule has 4 aromatic rings. The minimum Gasteiger partial charge on any atom is -0.481 e. The molecule has 2 saturated heterocycles. The number of pyridine rings is 2. The smallest absolute Gasteiger partial charge is 0.306 e. The standard InChI is InChI=1S/C25H29ClN2O4S.C23H25ClN2O4S/c1-3-31-23(29)9-6-18-15-19-16-20(26)7-8-21(19)24(25-22(18)5-4-12-27-25)17-10-13-28(14-11-17)33-32-30-2;1-29-30-31-26-11-8-15(9-12-26)22-19-6-5-18(24)14-17(19)13-16(4-7-21(27)28)20-3-2-10-25-23(20)22/h4-5,7-8,12,15-17,24H,3,6,9-11,13-14H2,1-2H3;2-3,5-6,10,13-15,22H,4,7-9,11-12H2,1H3,(H,27,28). The van der Waals surface area contributed by atoms with Crippen LogP contribution in [0.15, 0.2) is 73.1 Å². The van der Waals surface area contributed by atoms with E-state index in [1.54, 1.807) is 0 Å². The number of halogens is 2. The first-order valence-electron chi connectivity index (χ1n) is 21.7. The van der Waals surface area contributed by atoms with Crippen LogP contribution in [0.2, 0.25) is 10.0 Å². The van der Waals surface area contributed by atoms with Crippen LogP contribution in [-0.4, -0.2) is 82.6 Å². The fraction of sp³-hybridized carbons (Fsp3) is 0.417. The third-order valence-corrected chi connectivity index (χ3v) is 14.3. The van der Waals surface area contributed by atoms with E-state index in [0.717, 1.165) is 96.7 Å². The zero-order valence-corrected chi connectivity index (χ0v) is 39.4. The third-order valence-electron chi connectivity index (χ3n) is 12.2. The highest BCUT2D eigenvalue weighted by molar-refractivity contribution is 7.92. The fourth-order valence-corrected chi connectivity index (χ4v) is 10.8. The van der Waals surface area contributed by atoms with Gasteiger partial charge in [0.15, 0.2) is 0 Å². The lowest BCUT2D eigenvalue weighted by Gasteiger charge is -2.35. The number of ether oxygens (including phenoxy) is 1. The lowest BCUT2D eigenvalue weighted by molar-refractivity contribution is -0.164. The molecule has 340 valence electrons. The summed E-state index contributed by atoms with van der Waals surface area (Å²) in [5.41, 5.74) is 10.9. The number of fused-ring (bicyclic) bond motifs is 4. The quantitative estimate of drug-likeness (QED) is 0.0398. The molecular formula is C48H54Cl2N4O8S2. The highest BCUT2D eigenvalue weighted by Crippen LogP contribution is 2.48. The Kier molecular flexibility index (Phi) is 17.7. The Balaban J connectivity index is 0.000000192. The van der Waals surface area contributed by atoms with Gasteiger partial charge in [0, 0.05) is 73.3 Å². The van der Waals surface area contributed by atoms with Crippen LogP contribution in [-0.2, 0) is 32.8 Å². The zero-order valence-electron chi connectivity index (χ0n) is 36.3. The van der Waals surface area contributed by atoms with Crippen LogP contribution in [0.4, 0.5) is 0 Å². The van der Waals surface area contributed by atoms with Crippen LogP contribution >= 0.6 is 47.7 Å². The molecule has 2 aliphatic heterocycles. The number of aromatic nitrogens is 2. The van der Waals surface area contributed by atoms with Crippen molar-refractivity contribution in [1.29, 1.82) is 0 Å². The molecule has 2 aromatic carbocycles. The number of aliphatic carboxylic acids is 1. The van der Waals surface area contributed by atoms with Crippen molar-refractivity contribution < 1.29 is 37.9 Å². The van der Waals surface area contributed by atoms with Crippen molar-refractivity contribution in [3.05, 3.63) is 128 Å². The molecule has 4 heterocycles. The van der Waals surface area contributed by atoms with E-state index >= 15 is 0 Å². The summed E-state index contributed by atoms with van der Waals surface area (Å²) < 4.78 is 19.6. The largest absolute Gasteiger partial charge is 0.481 e. The Morgan fingerprint density at radius 3 is 1.58 bits per heavy atom. The predicted octanol–water partition coefficient (Wildman–Crippen LogP) is 11.4. The van der Waals surface area contributed by atoms with Gasteiger partial charge in [-0.2, -0.15) is 0 Å². The number of hydrogen-bond acceptors (Lipinski definition) is 13. The maximum Gasteiger partial charge on any atom is 0.306 e. The first kappa shape index (κ1) is 48.1. The Bertz CT molecular complexity index is 2300. The highest BCUT2D eigenvalue weighted by atomic mass is 35.5. The number of carbonyl (C=O) groups is 2. The first-order valence-corrected chi connectivity index (χ1v) is 23.8. The topological polar surface area (TPSA) is 133 Å². The molecule has 4 aliphatic rings. The molecule has 8 rings (SSSR count). The number of carboxylic acid groups (broad SMARTS) is 1. The molecule has 2 fully saturated rings. The van der Waals surface area contributed by atoms with E-state index in [1.165, 1.54) is 49.8 Å². The number of hydrogen-bond donors (Lipinski definition) is 1. The van der Waals surface area contributed by atoms with Gasteiger partial charge in [-0.1, -0.05) is 59.6 Å². The second-order valence-corrected chi connectivity index (χ2v) is 18.5. The van der Waals surface area contributed by atoms with Crippen LogP contribution in [0, 0.1) is 11.8 Å². The fourth-order valence-electron chi connectivity index (χ4n) is 9.40. The van der Waals surface area contributed by atoms with Crippen LogP contribution < -0.4 is 0 Å². The summed E-state index contributed by atoms with van der Waals surface area (Å²) in [6.07, 6.45) is 13.5. The van der Waals surface area contributed by atoms with E-state index in [1.807, 2.05) is 55.7 Å². The normalized spacial score (nSPS) is 19.0. The molecule has 0 saturated carbocycles. The van der Waals surface area contributed by atoms with E-state index in [4.69, 9.17) is 56.3 Å². The zero-order chi connectivity index (χ0) is 45.0. The average molecular weight is 950 g/mol. The molecule has 2 unspecified atom stereocenters. The van der Waals surface area contributed by atoms with Crippen LogP contribution in [0.3, 0.4) is 0 Å². The number of benzene rings is 2. The van der Waals surface area contributed by atoms with Gasteiger partial charge in [-0.25, -0.2) is 18.4 Å². The van der Waals surface area contributed by atoms with Crippen molar-refractivity contribution in [2.24, 2.45) is 11.8 Å². The molecule has 2 aromatic heterocycles. The summed E-state index contributed by atoms with van der Waals surface area (Å²) in [4.78, 5) is 42.5. The molecule has 64 heavy (non-hydrogen) atoms. The molecule has 1 N–H and O–H groups in total. The van der Waals surface area contributed by atoms with Gasteiger partial charge in [0.05, 0.1) is 32.2 Å². The maximum absolute atomic E-state index is 12.1. The predicted molar refractivity (Wildman–Crippen MR) is 254 cm³/mol. The SMILES string of the molecule is CCOC(=O)CCC1=Cc2cc(Cl)ccc2C(C2CCN(SOOC)CC2)c2ncccc21.COOSN1CCC(C2c3ccc(Cl)cc3C=C(CCC(=O)O)c3cccnc32)CC1. The van der Waals surface area contributed by atoms with Crippen molar-refractivity contribution in [3.8, 4) is 0 Å². The summed E-state index contributed by atoms with van der Waals surface area (Å²) >= 11 is 15.3. The summed E-state index contributed by atoms with van der Waals surface area (Å²) in [5.74, 6) is 0.120. The van der Waals surface area contributed by atoms with Crippen molar-refractivity contribution in [1.82, 2.24) is 18.6 Å². The minimum atomic E-state index is -0.804. The van der Waals surface area contributed by atoms with Crippen molar-refractivity contribution in [2.75, 3.05) is 47.0 Å². The minimum absolute atomic E-state index is 0.0792. The number of rotatable bonds is 15. The van der Waals surface area contributed by atoms with Crippen molar-refractivity contribution >= 4 is 82.9 Å². The number of allylic oxidation sites excluding steroid dienone is 2. The molecule has 2 atom stereocenters. The monoisotopic (exact) mass is 948 g/mol. The van der Waals surface area contributed by atoms with E-state index < -0.39 is 5.97 Å². The van der Waals surface area contributed by atoms with E-state index in [-0.39, 0.29) is 24.2 Å². The lowest BCUT2D eigenvalue weighted by atomic mass is 9.76. The molecule has 2 aliphatic carbocycles. The van der Waals surface area contributed by atoms with Gasteiger partial charge in [0.25, 0.3) is 0 Å². The van der Waals surface area contributed by atoms with Crippen molar-refractivity contribution in [3.63, 3.8) is 0 Å². The number of carbonyl (C=O) groups excluding carboxylic acids is 1. The van der Waals surface area contributed by atoms with E-state index in [0.29, 0.717) is 47.8 Å². The van der Waals surface area contributed by atoms with Crippen LogP contribution in [0.5, 0.6) is 0 Å². The van der Waals surface area contributed by atoms with Crippen LogP contribution in [0.25, 0.3) is 23.3 Å². The summed E-state index contributed by atoms with van der Waals surface area (Å²) in [5, 5.41) is 10.6. The van der Waals surface area contributed by atoms with Gasteiger partial charge < -0.3 is 9.84 Å². The molecule has 16 heteroatoms. The maximum atomic E-state index is 12.1. The molecule has 0 radical (unpaired) electrons. The molecule has 0 spiro atoms. The van der Waals surface area contributed by atoms with Crippen LogP contribution in [0.1, 0.15) is 115 Å². The Morgan fingerprint density at radius 1 is 0.703 bits per heavy atom. The lowest BCUT2D eigenvalue weighted by Crippen LogP contribution is -2.32. The first-order chi connectivity index (χ1) is 31.2. The summed E-state index contributed by atoms with van der Waals surface area (Å²) in [7, 11) is 3.02. The third kappa shape index (κ3) is 12.1. The number of esters is 1. The highest BCUT2D eigenvalue weighted by Gasteiger charge is 2.36. The second kappa shape index (κ2) is 23.6. The Hall–Kier alpha value is -3.80. The molecule has 12 nitrogen and oxygen atoms in total. The Labute approximate surface area is 394 Å². The Morgan fingerprint density at radius 2 is 1.16 bits per heavy atom. The van der Waals surface area contributed by atoms with Crippen molar-refractivity contribution in [2.45, 2.75) is 70.1 Å². The summed E-state index contributed by atoms with van der Waals surface area (Å²) in [6.45, 7) is 5.81. The summed E-state index contributed by atoms with van der Waals surface area (Å²) in [6, 6.07) is 20.2. The van der Waals surface area contributed by atoms with Gasteiger partial charge in [-0.05, 0) is 138 Å². The average Bonchev–Trinajstić information content (AvgIpc) is 3.53. The second-order valence-electron chi connectivity index (χ2n) is 16.1. The van der Waals surface area contributed by atoms with Gasteiger partial charge >= 0.3 is 11.9 Å². The van der Waals surface area contributed by atoms with Gasteiger partial charge in [0.2, 0.25) is 0 Å². The number of nitrogens with zero attached hydrogens (tertiary/aromatic N) is 4. The van der Waals surface area contributed by atoms with E-state index in [2.05, 4.69) is 45.0 Å². The molecular weight excluding hydrogens is 896 g/mol. The van der Waals surface area contributed by atoms with Gasteiger partial charge in [0.1, 0.15) is 24.5 Å². The van der Waals surface area contributed by atoms with Gasteiger partial charge in [-0.15, -0.1) is 8.67 Å². The number of piperidine rings is 2. The molecule has 0 bridgehead atoms. The molecule has 0 amide bonds. The number of carboxylic acids is 1. The van der Waals surface area contributed by atoms with Gasteiger partial charge in [-0.3, -0.25) is 19.6 Å².